The van der Waals surface area contributed by atoms with E-state index in [0.717, 1.165) is 5.56 Å². The molecule has 24 heavy (non-hydrogen) atoms. The third kappa shape index (κ3) is 4.71. The number of ether oxygens (including phenoxy) is 1. The van der Waals surface area contributed by atoms with Gasteiger partial charge in [-0.1, -0.05) is 23.7 Å². The van der Waals surface area contributed by atoms with E-state index in [1.165, 1.54) is 12.0 Å². The molecule has 1 aliphatic heterocycles. The van der Waals surface area contributed by atoms with Crippen molar-refractivity contribution in [3.05, 3.63) is 34.9 Å². The highest BCUT2D eigenvalue weighted by Gasteiger charge is 2.32. The summed E-state index contributed by atoms with van der Waals surface area (Å²) in [5.74, 6) is -0.876. The number of carbonyl (C=O) groups is 3. The topological polar surface area (TPSA) is 66.9 Å². The van der Waals surface area contributed by atoms with Crippen molar-refractivity contribution in [2.24, 2.45) is 5.92 Å². The summed E-state index contributed by atoms with van der Waals surface area (Å²) in [4.78, 5) is 38.9. The molecule has 7 heteroatoms. The molecule has 2 amide bonds. The fourth-order valence-corrected chi connectivity index (χ4v) is 2.85. The average molecular weight is 353 g/mol. The molecule has 0 saturated carbocycles. The van der Waals surface area contributed by atoms with Crippen LogP contribution in [0.2, 0.25) is 5.02 Å². The summed E-state index contributed by atoms with van der Waals surface area (Å²) >= 11 is 5.87. The molecule has 1 aliphatic rings. The molecule has 1 heterocycles. The lowest BCUT2D eigenvalue weighted by Crippen LogP contribution is -2.46. The van der Waals surface area contributed by atoms with E-state index in [-0.39, 0.29) is 24.3 Å². The Balaban J connectivity index is 1.99. The smallest absolute Gasteiger partial charge is 0.325 e. The molecule has 2 rings (SSSR count). The van der Waals surface area contributed by atoms with Gasteiger partial charge in [-0.2, -0.15) is 0 Å². The summed E-state index contributed by atoms with van der Waals surface area (Å²) in [6.07, 6.45) is 0.830. The molecule has 0 aromatic heterocycles. The Morgan fingerprint density at radius 1 is 1.33 bits per heavy atom. The van der Waals surface area contributed by atoms with Gasteiger partial charge < -0.3 is 14.5 Å². The van der Waals surface area contributed by atoms with Gasteiger partial charge in [0.15, 0.2) is 0 Å². The van der Waals surface area contributed by atoms with Crippen LogP contribution in [-0.4, -0.2) is 54.8 Å². The van der Waals surface area contributed by atoms with Crippen LogP contribution in [0.1, 0.15) is 18.4 Å². The molecule has 6 nitrogen and oxygen atoms in total. The van der Waals surface area contributed by atoms with Crippen molar-refractivity contribution in [3.63, 3.8) is 0 Å². The second kappa shape index (κ2) is 8.15. The summed E-state index contributed by atoms with van der Waals surface area (Å²) in [6, 6.07) is 7.28. The molecular weight excluding hydrogens is 332 g/mol. The minimum absolute atomic E-state index is 0.0321. The number of likely N-dealkylation sites (N-methyl/N-ethyl adjacent to an activating group) is 1. The zero-order valence-corrected chi connectivity index (χ0v) is 14.6. The summed E-state index contributed by atoms with van der Waals surface area (Å²) in [5, 5.41) is 0.640. The van der Waals surface area contributed by atoms with E-state index in [0.29, 0.717) is 31.0 Å². The van der Waals surface area contributed by atoms with Gasteiger partial charge in [0.05, 0.1) is 13.0 Å². The number of benzene rings is 1. The van der Waals surface area contributed by atoms with Crippen LogP contribution in [-0.2, 0) is 25.7 Å². The predicted molar refractivity (Wildman–Crippen MR) is 89.2 cm³/mol. The number of hydrogen-bond acceptors (Lipinski definition) is 4. The summed E-state index contributed by atoms with van der Waals surface area (Å²) in [5.41, 5.74) is 0.962. The summed E-state index contributed by atoms with van der Waals surface area (Å²) in [7, 11) is 2.85. The molecule has 0 bridgehead atoms. The minimum atomic E-state index is -0.462. The van der Waals surface area contributed by atoms with Crippen LogP contribution < -0.4 is 0 Å². The second-order valence-corrected chi connectivity index (χ2v) is 6.34. The van der Waals surface area contributed by atoms with E-state index >= 15 is 0 Å². The number of rotatable bonds is 5. The highest BCUT2D eigenvalue weighted by Crippen LogP contribution is 2.22. The van der Waals surface area contributed by atoms with Crippen molar-refractivity contribution in [2.45, 2.75) is 19.4 Å². The Morgan fingerprint density at radius 3 is 2.62 bits per heavy atom. The number of esters is 1. The Labute approximate surface area is 146 Å². The molecule has 1 saturated heterocycles. The van der Waals surface area contributed by atoms with Crippen molar-refractivity contribution < 1.29 is 19.1 Å². The predicted octanol–water partition coefficient (Wildman–Crippen LogP) is 1.71. The first-order chi connectivity index (χ1) is 11.4. The number of methoxy groups -OCH3 is 1. The first kappa shape index (κ1) is 18.3. The van der Waals surface area contributed by atoms with Gasteiger partial charge in [0.25, 0.3) is 0 Å². The van der Waals surface area contributed by atoms with E-state index in [1.807, 2.05) is 12.1 Å². The fraction of sp³-hybridized carbons (Fsp3) is 0.471. The Morgan fingerprint density at radius 2 is 2.00 bits per heavy atom. The van der Waals surface area contributed by atoms with E-state index in [2.05, 4.69) is 4.74 Å². The number of nitrogens with zero attached hydrogens (tertiary/aromatic N) is 2. The van der Waals surface area contributed by atoms with Gasteiger partial charge in [-0.05, 0) is 24.1 Å². The fourth-order valence-electron chi connectivity index (χ4n) is 2.73. The molecule has 1 fully saturated rings. The number of amides is 2. The van der Waals surface area contributed by atoms with Gasteiger partial charge in [0.2, 0.25) is 11.8 Å². The molecule has 130 valence electrons. The van der Waals surface area contributed by atoms with Crippen molar-refractivity contribution in [1.29, 1.82) is 0 Å². The average Bonchev–Trinajstić information content (AvgIpc) is 2.58. The largest absolute Gasteiger partial charge is 0.468 e. The van der Waals surface area contributed by atoms with Gasteiger partial charge in [-0.25, -0.2) is 0 Å². The van der Waals surface area contributed by atoms with Crippen LogP contribution >= 0.6 is 11.6 Å². The first-order valence-electron chi connectivity index (χ1n) is 7.74. The van der Waals surface area contributed by atoms with Gasteiger partial charge in [0, 0.05) is 31.6 Å². The van der Waals surface area contributed by atoms with Crippen molar-refractivity contribution in [3.8, 4) is 0 Å². The maximum absolute atomic E-state index is 12.5. The van der Waals surface area contributed by atoms with Crippen LogP contribution in [0, 0.1) is 5.92 Å². The molecule has 0 unspecified atom stereocenters. The van der Waals surface area contributed by atoms with Gasteiger partial charge in [-0.15, -0.1) is 0 Å². The molecule has 0 aliphatic carbocycles. The van der Waals surface area contributed by atoms with E-state index < -0.39 is 5.97 Å². The molecule has 0 spiro atoms. The zero-order valence-electron chi connectivity index (χ0n) is 13.8. The SMILES string of the molecule is COC(=O)CN(C)C(=O)[C@@H]1CCC(=O)N(Cc2ccc(Cl)cc2)C1. The number of carbonyl (C=O) groups excluding carboxylic acids is 3. The third-order valence-electron chi connectivity index (χ3n) is 4.11. The van der Waals surface area contributed by atoms with Gasteiger partial charge in [-0.3, -0.25) is 14.4 Å². The Hall–Kier alpha value is -2.08. The van der Waals surface area contributed by atoms with Gasteiger partial charge in [0.1, 0.15) is 6.54 Å². The number of likely N-dealkylation sites (tertiary alicyclic amines) is 1. The standard InChI is InChI=1S/C17H21ClN2O4/c1-19(11-16(22)24-2)17(23)13-5-8-15(21)20(10-13)9-12-3-6-14(18)7-4-12/h3-4,6-7,13H,5,8-11H2,1-2H3/t13-/m1/s1. The molecule has 0 N–H and O–H groups in total. The zero-order chi connectivity index (χ0) is 17.7. The quantitative estimate of drug-likeness (QED) is 0.757. The second-order valence-electron chi connectivity index (χ2n) is 5.91. The van der Waals surface area contributed by atoms with E-state index in [4.69, 9.17) is 11.6 Å². The molecule has 0 radical (unpaired) electrons. The van der Waals surface area contributed by atoms with Crippen LogP contribution in [0.5, 0.6) is 0 Å². The van der Waals surface area contributed by atoms with E-state index in [1.54, 1.807) is 24.1 Å². The van der Waals surface area contributed by atoms with Crippen LogP contribution in [0.25, 0.3) is 0 Å². The maximum atomic E-state index is 12.5. The molecular formula is C17H21ClN2O4. The van der Waals surface area contributed by atoms with E-state index in [9.17, 15) is 14.4 Å². The number of piperidine rings is 1. The third-order valence-corrected chi connectivity index (χ3v) is 4.36. The van der Waals surface area contributed by atoms with Crippen molar-refractivity contribution >= 4 is 29.4 Å². The molecule has 1 atom stereocenters. The Kier molecular flexibility index (Phi) is 6.20. The van der Waals surface area contributed by atoms with Crippen LogP contribution in [0.15, 0.2) is 24.3 Å². The normalized spacial score (nSPS) is 17.5. The van der Waals surface area contributed by atoms with Gasteiger partial charge >= 0.3 is 5.97 Å². The highest BCUT2D eigenvalue weighted by atomic mass is 35.5. The van der Waals surface area contributed by atoms with Crippen molar-refractivity contribution in [1.82, 2.24) is 9.80 Å². The molecule has 1 aromatic carbocycles. The monoisotopic (exact) mass is 352 g/mol. The number of hydrogen-bond donors (Lipinski definition) is 0. The molecule has 1 aromatic rings. The minimum Gasteiger partial charge on any atom is -0.468 e. The maximum Gasteiger partial charge on any atom is 0.325 e. The lowest BCUT2D eigenvalue weighted by atomic mass is 9.95. The summed E-state index contributed by atoms with van der Waals surface area (Å²) < 4.78 is 4.58. The number of halogens is 1. The van der Waals surface area contributed by atoms with Crippen LogP contribution in [0.4, 0.5) is 0 Å². The van der Waals surface area contributed by atoms with Crippen LogP contribution in [0.3, 0.4) is 0 Å². The lowest BCUT2D eigenvalue weighted by molar-refractivity contribution is -0.150. The first-order valence-corrected chi connectivity index (χ1v) is 8.12. The Bertz CT molecular complexity index is 618. The summed E-state index contributed by atoms with van der Waals surface area (Å²) in [6.45, 7) is 0.712. The highest BCUT2D eigenvalue weighted by molar-refractivity contribution is 6.30. The van der Waals surface area contributed by atoms with Crippen molar-refractivity contribution in [2.75, 3.05) is 27.2 Å². The lowest BCUT2D eigenvalue weighted by Gasteiger charge is -2.33.